The van der Waals surface area contributed by atoms with Gasteiger partial charge in [-0.1, -0.05) is 24.3 Å². The standard InChI is InChI=1S/C24H28F2N2O4/c1-24(2,3)32-23(30)28-12-11-27(14-18-5-4-6-20(26)13-18)21(15-28)22(29)31-16-17-7-9-19(25)10-8-17/h4-10,13,21H,11-12,14-16H2,1-3H3. The van der Waals surface area contributed by atoms with Gasteiger partial charge in [-0.2, -0.15) is 0 Å². The van der Waals surface area contributed by atoms with Crippen LogP contribution in [0, 0.1) is 11.6 Å². The van der Waals surface area contributed by atoms with Gasteiger partial charge >= 0.3 is 12.1 Å². The number of rotatable bonds is 5. The quantitative estimate of drug-likeness (QED) is 0.647. The van der Waals surface area contributed by atoms with Gasteiger partial charge in [-0.25, -0.2) is 13.6 Å². The highest BCUT2D eigenvalue weighted by atomic mass is 19.1. The van der Waals surface area contributed by atoms with Gasteiger partial charge in [0.15, 0.2) is 0 Å². The third-order valence-electron chi connectivity index (χ3n) is 4.98. The summed E-state index contributed by atoms with van der Waals surface area (Å²) in [7, 11) is 0. The molecule has 1 unspecified atom stereocenters. The van der Waals surface area contributed by atoms with Crippen molar-refractivity contribution in [3.63, 3.8) is 0 Å². The number of carbonyl (C=O) groups excluding carboxylic acids is 2. The Balaban J connectivity index is 1.72. The number of carbonyl (C=O) groups is 2. The molecule has 2 aromatic rings. The van der Waals surface area contributed by atoms with Crippen LogP contribution in [0.4, 0.5) is 13.6 Å². The van der Waals surface area contributed by atoms with Gasteiger partial charge in [0.2, 0.25) is 0 Å². The predicted octanol–water partition coefficient (Wildman–Crippen LogP) is 4.13. The first-order valence-electron chi connectivity index (χ1n) is 10.5. The molecule has 32 heavy (non-hydrogen) atoms. The Morgan fingerprint density at radius 3 is 2.38 bits per heavy atom. The highest BCUT2D eigenvalue weighted by molar-refractivity contribution is 5.78. The highest BCUT2D eigenvalue weighted by Gasteiger charge is 2.37. The average Bonchev–Trinajstić information content (AvgIpc) is 2.72. The number of hydrogen-bond acceptors (Lipinski definition) is 5. The Bertz CT molecular complexity index is 944. The Labute approximate surface area is 186 Å². The lowest BCUT2D eigenvalue weighted by Gasteiger charge is -2.40. The van der Waals surface area contributed by atoms with Crippen molar-refractivity contribution >= 4 is 12.1 Å². The molecule has 2 aromatic carbocycles. The maximum absolute atomic E-state index is 13.6. The Morgan fingerprint density at radius 1 is 1.00 bits per heavy atom. The lowest BCUT2D eigenvalue weighted by Crippen LogP contribution is -2.58. The van der Waals surface area contributed by atoms with Gasteiger partial charge < -0.3 is 14.4 Å². The van der Waals surface area contributed by atoms with Crippen molar-refractivity contribution in [2.45, 2.75) is 45.6 Å². The lowest BCUT2D eigenvalue weighted by molar-refractivity contribution is -0.154. The SMILES string of the molecule is CC(C)(C)OC(=O)N1CCN(Cc2cccc(F)c2)C(C(=O)OCc2ccc(F)cc2)C1. The number of nitrogens with zero attached hydrogens (tertiary/aromatic N) is 2. The molecule has 172 valence electrons. The molecule has 1 atom stereocenters. The third kappa shape index (κ3) is 6.75. The van der Waals surface area contributed by atoms with Crippen molar-refractivity contribution in [2.75, 3.05) is 19.6 Å². The molecule has 6 nitrogen and oxygen atoms in total. The number of esters is 1. The number of hydrogen-bond donors (Lipinski definition) is 0. The van der Waals surface area contributed by atoms with E-state index < -0.39 is 23.7 Å². The van der Waals surface area contributed by atoms with Crippen LogP contribution in [0.1, 0.15) is 31.9 Å². The number of benzene rings is 2. The van der Waals surface area contributed by atoms with E-state index in [1.807, 2.05) is 4.90 Å². The number of halogens is 2. The second kappa shape index (κ2) is 10.1. The summed E-state index contributed by atoms with van der Waals surface area (Å²) in [6.07, 6.45) is -0.501. The fourth-order valence-corrected chi connectivity index (χ4v) is 3.43. The zero-order valence-corrected chi connectivity index (χ0v) is 18.5. The zero-order valence-electron chi connectivity index (χ0n) is 18.5. The first kappa shape index (κ1) is 23.7. The summed E-state index contributed by atoms with van der Waals surface area (Å²) in [5, 5.41) is 0. The summed E-state index contributed by atoms with van der Waals surface area (Å²) in [6, 6.07) is 11.1. The molecule has 1 amide bonds. The first-order chi connectivity index (χ1) is 15.1. The maximum Gasteiger partial charge on any atom is 0.410 e. The topological polar surface area (TPSA) is 59.1 Å². The van der Waals surface area contributed by atoms with Crippen LogP contribution in [0.3, 0.4) is 0 Å². The average molecular weight is 446 g/mol. The molecule has 0 bridgehead atoms. The molecule has 1 saturated heterocycles. The molecule has 0 aromatic heterocycles. The Hall–Kier alpha value is -3.00. The summed E-state index contributed by atoms with van der Waals surface area (Å²) in [5.74, 6) is -1.24. The van der Waals surface area contributed by atoms with E-state index in [9.17, 15) is 18.4 Å². The Kier molecular flexibility index (Phi) is 7.45. The van der Waals surface area contributed by atoms with E-state index in [1.165, 1.54) is 29.2 Å². The fourth-order valence-electron chi connectivity index (χ4n) is 3.43. The molecule has 0 radical (unpaired) electrons. The monoisotopic (exact) mass is 446 g/mol. The Morgan fingerprint density at radius 2 is 1.72 bits per heavy atom. The van der Waals surface area contributed by atoms with Gasteiger partial charge in [-0.05, 0) is 56.2 Å². The molecular formula is C24H28F2N2O4. The van der Waals surface area contributed by atoms with Crippen LogP contribution in [-0.2, 0) is 27.4 Å². The number of ether oxygens (including phenoxy) is 2. The van der Waals surface area contributed by atoms with Crippen LogP contribution in [0.25, 0.3) is 0 Å². The minimum absolute atomic E-state index is 0.0180. The van der Waals surface area contributed by atoms with Crippen molar-refractivity contribution in [2.24, 2.45) is 0 Å². The molecule has 1 aliphatic rings. The molecule has 3 rings (SSSR count). The summed E-state index contributed by atoms with van der Waals surface area (Å²) < 4.78 is 37.7. The van der Waals surface area contributed by atoms with E-state index in [0.29, 0.717) is 30.8 Å². The fraction of sp³-hybridized carbons (Fsp3) is 0.417. The molecular weight excluding hydrogens is 418 g/mol. The van der Waals surface area contributed by atoms with E-state index in [-0.39, 0.29) is 24.8 Å². The second-order valence-corrected chi connectivity index (χ2v) is 8.78. The van der Waals surface area contributed by atoms with Crippen LogP contribution >= 0.6 is 0 Å². The summed E-state index contributed by atoms with van der Waals surface area (Å²) in [4.78, 5) is 28.9. The summed E-state index contributed by atoms with van der Waals surface area (Å²) in [5.41, 5.74) is 0.706. The molecule has 1 aliphatic heterocycles. The third-order valence-corrected chi connectivity index (χ3v) is 4.98. The molecule has 1 fully saturated rings. The largest absolute Gasteiger partial charge is 0.460 e. The minimum atomic E-state index is -0.750. The number of amides is 1. The van der Waals surface area contributed by atoms with Crippen molar-refractivity contribution < 1.29 is 27.8 Å². The van der Waals surface area contributed by atoms with Crippen LogP contribution < -0.4 is 0 Å². The highest BCUT2D eigenvalue weighted by Crippen LogP contribution is 2.19. The van der Waals surface area contributed by atoms with Gasteiger partial charge in [-0.15, -0.1) is 0 Å². The van der Waals surface area contributed by atoms with Crippen LogP contribution in [0.15, 0.2) is 48.5 Å². The van der Waals surface area contributed by atoms with Crippen LogP contribution in [-0.4, -0.2) is 53.1 Å². The van der Waals surface area contributed by atoms with Crippen LogP contribution in [0.5, 0.6) is 0 Å². The summed E-state index contributed by atoms with van der Waals surface area (Å²) >= 11 is 0. The van der Waals surface area contributed by atoms with Crippen molar-refractivity contribution in [1.82, 2.24) is 9.80 Å². The predicted molar refractivity (Wildman–Crippen MR) is 115 cm³/mol. The van der Waals surface area contributed by atoms with Gasteiger partial charge in [0.25, 0.3) is 0 Å². The van der Waals surface area contributed by atoms with Gasteiger partial charge in [0.1, 0.15) is 29.9 Å². The van der Waals surface area contributed by atoms with E-state index in [0.717, 1.165) is 0 Å². The number of piperazine rings is 1. The first-order valence-corrected chi connectivity index (χ1v) is 10.5. The molecule has 1 heterocycles. The molecule has 8 heteroatoms. The van der Waals surface area contributed by atoms with Crippen LogP contribution in [0.2, 0.25) is 0 Å². The molecule has 0 N–H and O–H groups in total. The van der Waals surface area contributed by atoms with E-state index in [2.05, 4.69) is 0 Å². The smallest absolute Gasteiger partial charge is 0.410 e. The van der Waals surface area contributed by atoms with Gasteiger partial charge in [0.05, 0.1) is 6.54 Å². The van der Waals surface area contributed by atoms with Crippen molar-refractivity contribution in [3.8, 4) is 0 Å². The normalized spacial score (nSPS) is 17.2. The van der Waals surface area contributed by atoms with E-state index in [4.69, 9.17) is 9.47 Å². The van der Waals surface area contributed by atoms with Crippen molar-refractivity contribution in [3.05, 3.63) is 71.3 Å². The molecule has 0 aliphatic carbocycles. The molecule has 0 spiro atoms. The van der Waals surface area contributed by atoms with E-state index in [1.54, 1.807) is 45.0 Å². The molecule has 0 saturated carbocycles. The maximum atomic E-state index is 13.6. The van der Waals surface area contributed by atoms with Crippen molar-refractivity contribution in [1.29, 1.82) is 0 Å². The zero-order chi connectivity index (χ0) is 23.3. The van der Waals surface area contributed by atoms with E-state index >= 15 is 0 Å². The lowest BCUT2D eigenvalue weighted by atomic mass is 10.1. The minimum Gasteiger partial charge on any atom is -0.460 e. The van der Waals surface area contributed by atoms with Gasteiger partial charge in [-0.3, -0.25) is 9.69 Å². The van der Waals surface area contributed by atoms with Gasteiger partial charge in [0, 0.05) is 19.6 Å². The second-order valence-electron chi connectivity index (χ2n) is 8.78. The summed E-state index contributed by atoms with van der Waals surface area (Å²) in [6.45, 7) is 6.50.